The summed E-state index contributed by atoms with van der Waals surface area (Å²) >= 11 is 0. The maximum absolute atomic E-state index is 12.2. The molecule has 3 heteroatoms. The molecule has 23 heavy (non-hydrogen) atoms. The molecule has 1 aliphatic rings. The number of likely N-dealkylation sites (tertiary alicyclic amines) is 1. The molecule has 1 aliphatic heterocycles. The van der Waals surface area contributed by atoms with Crippen molar-refractivity contribution in [2.75, 3.05) is 25.0 Å². The first-order chi connectivity index (χ1) is 11.2. The van der Waals surface area contributed by atoms with Gasteiger partial charge in [-0.1, -0.05) is 29.8 Å². The molecule has 0 radical (unpaired) electrons. The van der Waals surface area contributed by atoms with E-state index in [1.54, 1.807) is 0 Å². The largest absolute Gasteiger partial charge is 0.322 e. The van der Waals surface area contributed by atoms with Crippen LogP contribution in [0.15, 0.2) is 48.5 Å². The lowest BCUT2D eigenvalue weighted by atomic mass is 10.1. The predicted octanol–water partition coefficient (Wildman–Crippen LogP) is 3.89. The summed E-state index contributed by atoms with van der Waals surface area (Å²) < 4.78 is 0. The maximum Gasteiger partial charge on any atom is 0.255 e. The number of hydrogen-bond acceptors (Lipinski definition) is 2. The third-order valence-corrected chi connectivity index (χ3v) is 4.44. The lowest BCUT2D eigenvalue weighted by Crippen LogP contribution is -2.21. The highest BCUT2D eigenvalue weighted by Gasteiger charge is 2.11. The van der Waals surface area contributed by atoms with Crippen LogP contribution in [-0.2, 0) is 6.42 Å². The molecule has 0 spiro atoms. The van der Waals surface area contributed by atoms with Gasteiger partial charge in [0, 0.05) is 17.8 Å². The quantitative estimate of drug-likeness (QED) is 0.909. The van der Waals surface area contributed by atoms with E-state index in [1.807, 2.05) is 43.3 Å². The average Bonchev–Trinajstić information content (AvgIpc) is 3.08. The summed E-state index contributed by atoms with van der Waals surface area (Å²) in [5.41, 5.74) is 4.02. The highest BCUT2D eigenvalue weighted by Crippen LogP contribution is 2.14. The summed E-state index contributed by atoms with van der Waals surface area (Å²) in [5, 5.41) is 2.95. The van der Waals surface area contributed by atoms with E-state index in [-0.39, 0.29) is 5.91 Å². The normalized spacial score (nSPS) is 14.8. The van der Waals surface area contributed by atoms with Crippen molar-refractivity contribution in [2.45, 2.75) is 26.2 Å². The number of hydrogen-bond donors (Lipinski definition) is 1. The Morgan fingerprint density at radius 2 is 1.65 bits per heavy atom. The van der Waals surface area contributed by atoms with Crippen LogP contribution >= 0.6 is 0 Å². The van der Waals surface area contributed by atoms with Gasteiger partial charge in [-0.15, -0.1) is 0 Å². The molecule has 1 amide bonds. The van der Waals surface area contributed by atoms with Gasteiger partial charge < -0.3 is 10.2 Å². The van der Waals surface area contributed by atoms with Crippen LogP contribution in [0.5, 0.6) is 0 Å². The van der Waals surface area contributed by atoms with Gasteiger partial charge in [-0.2, -0.15) is 0 Å². The molecular formula is C20H24N2O. The van der Waals surface area contributed by atoms with E-state index in [4.69, 9.17) is 0 Å². The summed E-state index contributed by atoms with van der Waals surface area (Å²) in [5.74, 6) is -0.0604. The van der Waals surface area contributed by atoms with E-state index < -0.39 is 0 Å². The van der Waals surface area contributed by atoms with Crippen LogP contribution in [0.3, 0.4) is 0 Å². The first-order valence-electron chi connectivity index (χ1n) is 8.40. The van der Waals surface area contributed by atoms with Crippen LogP contribution in [0.2, 0.25) is 0 Å². The van der Waals surface area contributed by atoms with Gasteiger partial charge >= 0.3 is 0 Å². The molecule has 0 unspecified atom stereocenters. The van der Waals surface area contributed by atoms with Crippen LogP contribution in [-0.4, -0.2) is 30.4 Å². The molecule has 120 valence electrons. The zero-order chi connectivity index (χ0) is 16.1. The number of carbonyl (C=O) groups excluding carboxylic acids is 1. The highest BCUT2D eigenvalue weighted by atomic mass is 16.1. The smallest absolute Gasteiger partial charge is 0.255 e. The minimum atomic E-state index is -0.0604. The monoisotopic (exact) mass is 308 g/mol. The Kier molecular flexibility index (Phi) is 5.09. The van der Waals surface area contributed by atoms with Crippen molar-refractivity contribution in [3.63, 3.8) is 0 Å². The minimum Gasteiger partial charge on any atom is -0.322 e. The minimum absolute atomic E-state index is 0.0604. The van der Waals surface area contributed by atoms with Crippen LogP contribution in [0, 0.1) is 6.92 Å². The van der Waals surface area contributed by atoms with E-state index in [0.717, 1.165) is 24.2 Å². The Morgan fingerprint density at radius 3 is 2.30 bits per heavy atom. The molecule has 1 saturated heterocycles. The van der Waals surface area contributed by atoms with E-state index in [2.05, 4.69) is 22.3 Å². The molecule has 3 rings (SSSR count). The number of nitrogens with zero attached hydrogens (tertiary/aromatic N) is 1. The zero-order valence-electron chi connectivity index (χ0n) is 13.7. The predicted molar refractivity (Wildman–Crippen MR) is 95.0 cm³/mol. The lowest BCUT2D eigenvalue weighted by molar-refractivity contribution is 0.102. The van der Waals surface area contributed by atoms with Gasteiger partial charge in [0.1, 0.15) is 0 Å². The Morgan fingerprint density at radius 1 is 1.00 bits per heavy atom. The molecule has 0 bridgehead atoms. The van der Waals surface area contributed by atoms with Gasteiger partial charge in [0.25, 0.3) is 5.91 Å². The Labute approximate surface area is 138 Å². The van der Waals surface area contributed by atoms with Crippen LogP contribution in [0.1, 0.15) is 34.3 Å². The van der Waals surface area contributed by atoms with Crippen molar-refractivity contribution >= 4 is 11.6 Å². The number of anilines is 1. The fourth-order valence-electron chi connectivity index (χ4n) is 2.96. The molecular weight excluding hydrogens is 284 g/mol. The summed E-state index contributed by atoms with van der Waals surface area (Å²) in [6.07, 6.45) is 3.75. The summed E-state index contributed by atoms with van der Waals surface area (Å²) in [7, 11) is 0. The molecule has 2 aromatic rings. The molecule has 1 N–H and O–H groups in total. The summed E-state index contributed by atoms with van der Waals surface area (Å²) in [4.78, 5) is 14.7. The zero-order valence-corrected chi connectivity index (χ0v) is 13.7. The van der Waals surface area contributed by atoms with Crippen LogP contribution < -0.4 is 5.32 Å². The van der Waals surface area contributed by atoms with Gasteiger partial charge in [0.2, 0.25) is 0 Å². The third kappa shape index (κ3) is 4.42. The van der Waals surface area contributed by atoms with Gasteiger partial charge in [0.15, 0.2) is 0 Å². The molecule has 3 nitrogen and oxygen atoms in total. The van der Waals surface area contributed by atoms with Gasteiger partial charge in [-0.25, -0.2) is 0 Å². The molecule has 0 aromatic heterocycles. The Balaban J connectivity index is 1.54. The fraction of sp³-hybridized carbons (Fsp3) is 0.350. The van der Waals surface area contributed by atoms with E-state index in [9.17, 15) is 4.79 Å². The number of amides is 1. The molecule has 0 atom stereocenters. The Bertz CT molecular complexity index is 640. The standard InChI is InChI=1S/C20H24N2O/c1-16-4-8-18(9-5-16)20(23)21-19-10-6-17(7-11-19)12-15-22-13-2-3-14-22/h4-11H,2-3,12-15H2,1H3,(H,21,23). The highest BCUT2D eigenvalue weighted by molar-refractivity contribution is 6.04. The SMILES string of the molecule is Cc1ccc(C(=O)Nc2ccc(CCN3CCCC3)cc2)cc1. The number of rotatable bonds is 5. The van der Waals surface area contributed by atoms with E-state index in [1.165, 1.54) is 31.5 Å². The van der Waals surface area contributed by atoms with E-state index in [0.29, 0.717) is 5.56 Å². The number of nitrogens with one attached hydrogen (secondary N) is 1. The number of benzene rings is 2. The van der Waals surface area contributed by atoms with Crippen molar-refractivity contribution < 1.29 is 4.79 Å². The lowest BCUT2D eigenvalue weighted by Gasteiger charge is -2.14. The van der Waals surface area contributed by atoms with Crippen molar-refractivity contribution in [3.8, 4) is 0 Å². The third-order valence-electron chi connectivity index (χ3n) is 4.44. The molecule has 1 heterocycles. The van der Waals surface area contributed by atoms with Crippen LogP contribution in [0.4, 0.5) is 5.69 Å². The molecule has 0 saturated carbocycles. The Hall–Kier alpha value is -2.13. The maximum atomic E-state index is 12.2. The first-order valence-corrected chi connectivity index (χ1v) is 8.40. The second-order valence-electron chi connectivity index (χ2n) is 6.32. The molecule has 0 aliphatic carbocycles. The summed E-state index contributed by atoms with van der Waals surface area (Å²) in [6, 6.07) is 15.8. The first kappa shape index (κ1) is 15.8. The van der Waals surface area contributed by atoms with Crippen molar-refractivity contribution in [3.05, 3.63) is 65.2 Å². The molecule has 2 aromatic carbocycles. The fourth-order valence-corrected chi connectivity index (χ4v) is 2.96. The second kappa shape index (κ2) is 7.42. The van der Waals surface area contributed by atoms with E-state index >= 15 is 0 Å². The van der Waals surface area contributed by atoms with Gasteiger partial charge in [0.05, 0.1) is 0 Å². The summed E-state index contributed by atoms with van der Waals surface area (Å²) in [6.45, 7) is 5.63. The van der Waals surface area contributed by atoms with Crippen molar-refractivity contribution in [2.24, 2.45) is 0 Å². The number of carbonyl (C=O) groups is 1. The second-order valence-corrected chi connectivity index (χ2v) is 6.32. The van der Waals surface area contributed by atoms with Gasteiger partial charge in [-0.3, -0.25) is 4.79 Å². The topological polar surface area (TPSA) is 32.3 Å². The van der Waals surface area contributed by atoms with Crippen molar-refractivity contribution in [1.82, 2.24) is 4.90 Å². The van der Waals surface area contributed by atoms with Crippen LogP contribution in [0.25, 0.3) is 0 Å². The van der Waals surface area contributed by atoms with Crippen molar-refractivity contribution in [1.29, 1.82) is 0 Å². The average molecular weight is 308 g/mol. The molecule has 1 fully saturated rings. The number of aryl methyl sites for hydroxylation is 1. The van der Waals surface area contributed by atoms with Gasteiger partial charge in [-0.05, 0) is 69.1 Å².